The first kappa shape index (κ1) is 26.1. The minimum Gasteiger partial charge on any atom is -0.480 e. The molecule has 0 aliphatic rings. The molecule has 0 aromatic carbocycles. The Labute approximate surface area is 158 Å². The average molecular weight is 471 g/mol. The smallest absolute Gasteiger partial charge is 0.327 e. The Morgan fingerprint density at radius 1 is 0.714 bits per heavy atom. The number of hydrogen-bond donors (Lipinski definition) is 7. The molecule has 0 aromatic rings. The highest BCUT2D eigenvalue weighted by molar-refractivity contribution is 7.86. The fraction of sp³-hybridized carbons (Fsp3) is 0.667. The van der Waals surface area contributed by atoms with E-state index in [-0.39, 0.29) is 0 Å². The van der Waals surface area contributed by atoms with Crippen molar-refractivity contribution in [1.82, 2.24) is 10.6 Å². The third kappa shape index (κ3) is 11.7. The van der Waals surface area contributed by atoms with E-state index >= 15 is 0 Å². The number of carboxylic acids is 1. The van der Waals surface area contributed by atoms with Crippen LogP contribution in [-0.4, -0.2) is 97.2 Å². The summed E-state index contributed by atoms with van der Waals surface area (Å²) in [6.45, 7) is 0. The topological polar surface area (TPSA) is 285 Å². The molecule has 0 heterocycles. The molecule has 0 spiro atoms. The molecule has 0 aliphatic carbocycles. The van der Waals surface area contributed by atoms with E-state index in [0.717, 1.165) is 0 Å². The van der Waals surface area contributed by atoms with Gasteiger partial charge in [0, 0.05) is 0 Å². The Bertz CT molecular complexity index is 924. The molecule has 0 saturated heterocycles. The summed E-state index contributed by atoms with van der Waals surface area (Å²) < 4.78 is 90.9. The number of nitrogens with one attached hydrogen (secondary N) is 2. The minimum atomic E-state index is -4.97. The van der Waals surface area contributed by atoms with Gasteiger partial charge < -0.3 is 21.5 Å². The normalized spacial score (nSPS) is 15.9. The number of carbonyl (C=O) groups is 3. The molecule has 0 radical (unpaired) electrons. The van der Waals surface area contributed by atoms with Crippen LogP contribution >= 0.6 is 0 Å². The van der Waals surface area contributed by atoms with Gasteiger partial charge in [0.25, 0.3) is 30.4 Å². The van der Waals surface area contributed by atoms with Gasteiger partial charge >= 0.3 is 5.97 Å². The molecule has 0 aromatic heterocycles. The summed E-state index contributed by atoms with van der Waals surface area (Å²) in [4.78, 5) is 34.7. The third-order valence-electron chi connectivity index (χ3n) is 2.73. The number of aliphatic carboxylic acids is 1. The lowest BCUT2D eigenvalue weighted by molar-refractivity contribution is -0.141. The summed E-state index contributed by atoms with van der Waals surface area (Å²) in [7, 11) is -14.6. The second-order valence-electron chi connectivity index (χ2n) is 5.31. The van der Waals surface area contributed by atoms with E-state index in [2.05, 4.69) is 0 Å². The summed E-state index contributed by atoms with van der Waals surface area (Å²) >= 11 is 0. The Kier molecular flexibility index (Phi) is 8.89. The van der Waals surface area contributed by atoms with E-state index in [1.54, 1.807) is 5.32 Å². The molecule has 0 aliphatic heterocycles. The molecule has 0 unspecified atom stereocenters. The van der Waals surface area contributed by atoms with Crippen molar-refractivity contribution in [1.29, 1.82) is 0 Å². The van der Waals surface area contributed by atoms with Gasteiger partial charge in [-0.1, -0.05) is 0 Å². The lowest BCUT2D eigenvalue weighted by Crippen LogP contribution is -2.58. The zero-order chi connectivity index (χ0) is 22.5. The summed E-state index contributed by atoms with van der Waals surface area (Å²) in [5.41, 5.74) is 5.15. The largest absolute Gasteiger partial charge is 0.480 e. The van der Waals surface area contributed by atoms with Crippen LogP contribution in [0.2, 0.25) is 0 Å². The maximum absolute atomic E-state index is 12.0. The lowest BCUT2D eigenvalue weighted by Gasteiger charge is -2.21. The van der Waals surface area contributed by atoms with Gasteiger partial charge in [0.05, 0.1) is 5.75 Å². The molecule has 164 valence electrons. The molecule has 0 bridgehead atoms. The quantitative estimate of drug-likeness (QED) is 0.139. The minimum absolute atomic E-state index is 1.32. The van der Waals surface area contributed by atoms with E-state index in [4.69, 9.17) is 24.5 Å². The van der Waals surface area contributed by atoms with Gasteiger partial charge in [0.2, 0.25) is 11.8 Å². The fourth-order valence-corrected chi connectivity index (χ4v) is 3.54. The Morgan fingerprint density at radius 2 is 1.07 bits per heavy atom. The van der Waals surface area contributed by atoms with Crippen molar-refractivity contribution in [3.8, 4) is 0 Å². The van der Waals surface area contributed by atoms with Crippen LogP contribution in [0.15, 0.2) is 0 Å². The SMILES string of the molecule is N[C@@H](CS(=O)(=O)O)C(=O)N[C@@H](CS(=O)(=O)O)C(=O)N[C@@H](CS(=O)(=O)O)C(=O)O. The zero-order valence-corrected chi connectivity index (χ0v) is 16.1. The first-order valence-corrected chi connectivity index (χ1v) is 11.6. The zero-order valence-electron chi connectivity index (χ0n) is 13.6. The van der Waals surface area contributed by atoms with E-state index < -0.39 is 83.5 Å². The number of nitrogens with two attached hydrogens (primary N) is 1. The summed E-state index contributed by atoms with van der Waals surface area (Å²) in [5.74, 6) is -9.42. The summed E-state index contributed by atoms with van der Waals surface area (Å²) in [6.07, 6.45) is 0. The number of carboxylic acid groups (broad SMARTS) is 1. The monoisotopic (exact) mass is 471 g/mol. The second-order valence-corrected chi connectivity index (χ2v) is 9.80. The van der Waals surface area contributed by atoms with Crippen molar-refractivity contribution in [3.05, 3.63) is 0 Å². The highest BCUT2D eigenvalue weighted by Crippen LogP contribution is 1.99. The Morgan fingerprint density at radius 3 is 1.43 bits per heavy atom. The second kappa shape index (κ2) is 9.54. The van der Waals surface area contributed by atoms with Crippen molar-refractivity contribution >= 4 is 48.1 Å². The van der Waals surface area contributed by atoms with Crippen LogP contribution in [0, 0.1) is 0 Å². The standard InChI is InChI=1S/C9H17N3O13S3/c10-4(1-26(17,18)19)7(13)11-5(2-27(20,21)22)8(14)12-6(9(15)16)3-28(23,24)25/h4-6H,1-3,10H2,(H,11,13)(H,12,14)(H,15,16)(H,17,18,19)(H,20,21,22)(H,23,24,25)/t4-,5-,6-/m0/s1. The Hall–Kier alpha value is -1.90. The first-order chi connectivity index (χ1) is 12.3. The molecular formula is C9H17N3O13S3. The van der Waals surface area contributed by atoms with Crippen LogP contribution < -0.4 is 16.4 Å². The third-order valence-corrected chi connectivity index (χ3v) is 5.02. The first-order valence-electron chi connectivity index (χ1n) is 6.75. The molecule has 2 amide bonds. The van der Waals surface area contributed by atoms with E-state index in [0.29, 0.717) is 0 Å². The average Bonchev–Trinajstić information content (AvgIpc) is 2.40. The van der Waals surface area contributed by atoms with Crippen molar-refractivity contribution in [3.63, 3.8) is 0 Å². The van der Waals surface area contributed by atoms with Crippen molar-refractivity contribution in [2.75, 3.05) is 17.3 Å². The molecule has 8 N–H and O–H groups in total. The molecule has 19 heteroatoms. The number of carbonyl (C=O) groups excluding carboxylic acids is 2. The van der Waals surface area contributed by atoms with Gasteiger partial charge in [-0.25, -0.2) is 4.79 Å². The van der Waals surface area contributed by atoms with Crippen LogP contribution in [0.3, 0.4) is 0 Å². The van der Waals surface area contributed by atoms with Gasteiger partial charge in [-0.3, -0.25) is 23.2 Å². The molecule has 0 saturated carbocycles. The molecule has 16 nitrogen and oxygen atoms in total. The molecule has 0 fully saturated rings. The summed E-state index contributed by atoms with van der Waals surface area (Å²) in [5, 5.41) is 12.0. The van der Waals surface area contributed by atoms with Gasteiger partial charge in [-0.05, 0) is 0 Å². The van der Waals surface area contributed by atoms with Gasteiger partial charge in [0.1, 0.15) is 29.6 Å². The van der Waals surface area contributed by atoms with Gasteiger partial charge in [0.15, 0.2) is 0 Å². The van der Waals surface area contributed by atoms with Crippen molar-refractivity contribution in [2.24, 2.45) is 5.73 Å². The molecule has 28 heavy (non-hydrogen) atoms. The maximum Gasteiger partial charge on any atom is 0.327 e. The molecule has 0 rings (SSSR count). The molecular weight excluding hydrogens is 454 g/mol. The van der Waals surface area contributed by atoms with Crippen LogP contribution in [0.4, 0.5) is 0 Å². The van der Waals surface area contributed by atoms with Crippen LogP contribution in [0.1, 0.15) is 0 Å². The van der Waals surface area contributed by atoms with Crippen LogP contribution in [0.5, 0.6) is 0 Å². The van der Waals surface area contributed by atoms with Gasteiger partial charge in [-0.2, -0.15) is 25.3 Å². The highest BCUT2D eigenvalue weighted by Gasteiger charge is 2.33. The van der Waals surface area contributed by atoms with Gasteiger partial charge in [-0.15, -0.1) is 0 Å². The summed E-state index contributed by atoms with van der Waals surface area (Å²) in [6, 6.07) is -6.49. The number of rotatable bonds is 11. The van der Waals surface area contributed by atoms with Crippen LogP contribution in [-0.2, 0) is 44.7 Å². The van der Waals surface area contributed by atoms with Crippen molar-refractivity contribution in [2.45, 2.75) is 18.1 Å². The number of hydrogen-bond acceptors (Lipinski definition) is 10. The Balaban J connectivity index is 5.51. The highest BCUT2D eigenvalue weighted by atomic mass is 32.2. The predicted molar refractivity (Wildman–Crippen MR) is 88.7 cm³/mol. The predicted octanol–water partition coefficient (Wildman–Crippen LogP) is -4.97. The maximum atomic E-state index is 12.0. The van der Waals surface area contributed by atoms with E-state index in [9.17, 15) is 39.6 Å². The fourth-order valence-electron chi connectivity index (χ4n) is 1.63. The lowest BCUT2D eigenvalue weighted by atomic mass is 10.2. The number of amides is 2. The molecule has 3 atom stereocenters. The van der Waals surface area contributed by atoms with E-state index in [1.165, 1.54) is 5.32 Å². The van der Waals surface area contributed by atoms with Crippen molar-refractivity contribution < 1.29 is 58.4 Å². The van der Waals surface area contributed by atoms with E-state index in [1.807, 2.05) is 0 Å². The van der Waals surface area contributed by atoms with Crippen LogP contribution in [0.25, 0.3) is 0 Å².